The highest BCUT2D eigenvalue weighted by molar-refractivity contribution is 5.80. The molecule has 1 aliphatic heterocycles. The molecule has 0 radical (unpaired) electrons. The number of aromatic nitrogens is 6. The number of nitrogens with one attached hydrogen (secondary N) is 1. The molecule has 4 aromatic rings. The van der Waals surface area contributed by atoms with Gasteiger partial charge in [-0.15, -0.1) is 5.10 Å². The highest BCUT2D eigenvalue weighted by Gasteiger charge is 2.38. The number of imidazole rings is 1. The van der Waals surface area contributed by atoms with Crippen LogP contribution in [0.3, 0.4) is 0 Å². The molecule has 2 aromatic heterocycles. The van der Waals surface area contributed by atoms with E-state index in [0.717, 1.165) is 71.8 Å². The Morgan fingerprint density at radius 3 is 2.54 bits per heavy atom. The number of ether oxygens (including phenoxy) is 1. The van der Waals surface area contributed by atoms with E-state index in [1.54, 1.807) is 0 Å². The molecule has 37 heavy (non-hydrogen) atoms. The molecular weight excluding hydrogens is 466 g/mol. The number of fused-ring (bicyclic) bond motifs is 1. The molecule has 192 valence electrons. The van der Waals surface area contributed by atoms with Gasteiger partial charge in [-0.3, -0.25) is 4.90 Å². The lowest BCUT2D eigenvalue weighted by Gasteiger charge is -2.33. The van der Waals surface area contributed by atoms with E-state index < -0.39 is 6.04 Å². The number of likely N-dealkylation sites (N-methyl/N-ethyl adjacent to an activating group) is 1. The van der Waals surface area contributed by atoms with Crippen LogP contribution >= 0.6 is 0 Å². The summed E-state index contributed by atoms with van der Waals surface area (Å²) in [5.41, 5.74) is 6.25. The Morgan fingerprint density at radius 1 is 1.08 bits per heavy atom. The van der Waals surface area contributed by atoms with Gasteiger partial charge in [0.2, 0.25) is 0 Å². The lowest BCUT2D eigenvalue weighted by Crippen LogP contribution is -2.41. The Morgan fingerprint density at radius 2 is 1.86 bits per heavy atom. The van der Waals surface area contributed by atoms with Gasteiger partial charge in [-0.1, -0.05) is 62.4 Å². The molecule has 1 N–H and O–H groups in total. The first-order chi connectivity index (χ1) is 18.1. The third-order valence-electron chi connectivity index (χ3n) is 6.94. The smallest absolute Gasteiger partial charge is 0.329 e. The van der Waals surface area contributed by atoms with E-state index in [1.165, 1.54) is 0 Å². The fourth-order valence-electron chi connectivity index (χ4n) is 5.21. The Balaban J connectivity index is 1.49. The average Bonchev–Trinajstić information content (AvgIpc) is 3.58. The van der Waals surface area contributed by atoms with Gasteiger partial charge >= 0.3 is 5.97 Å². The van der Waals surface area contributed by atoms with E-state index >= 15 is 0 Å². The number of tetrazole rings is 1. The van der Waals surface area contributed by atoms with Crippen LogP contribution in [-0.4, -0.2) is 60.7 Å². The summed E-state index contributed by atoms with van der Waals surface area (Å²) in [5, 5.41) is 14.4. The fraction of sp³-hybridized carbons (Fsp3) is 0.393. The Bertz CT molecular complexity index is 1350. The first-order valence-electron chi connectivity index (χ1n) is 13.1. The molecule has 1 atom stereocenters. The third kappa shape index (κ3) is 4.91. The zero-order valence-corrected chi connectivity index (χ0v) is 21.6. The number of benzene rings is 2. The van der Waals surface area contributed by atoms with E-state index in [2.05, 4.69) is 74.3 Å². The molecule has 0 fully saturated rings. The molecule has 0 aliphatic carbocycles. The molecule has 9 nitrogen and oxygen atoms in total. The van der Waals surface area contributed by atoms with Crippen LogP contribution < -0.4 is 0 Å². The maximum atomic E-state index is 13.1. The summed E-state index contributed by atoms with van der Waals surface area (Å²) in [6, 6.07) is 16.2. The first kappa shape index (κ1) is 24.8. The maximum Gasteiger partial charge on any atom is 0.329 e. The van der Waals surface area contributed by atoms with Crippen LogP contribution in [0.2, 0.25) is 0 Å². The Hall–Kier alpha value is -3.85. The van der Waals surface area contributed by atoms with E-state index in [9.17, 15) is 4.79 Å². The van der Waals surface area contributed by atoms with E-state index in [1.807, 2.05) is 25.1 Å². The largest absolute Gasteiger partial charge is 0.465 e. The summed E-state index contributed by atoms with van der Waals surface area (Å²) in [5.74, 6) is 1.48. The fourth-order valence-corrected chi connectivity index (χ4v) is 5.21. The van der Waals surface area contributed by atoms with Gasteiger partial charge in [0.1, 0.15) is 5.82 Å². The molecule has 0 saturated heterocycles. The molecule has 5 rings (SSSR count). The van der Waals surface area contributed by atoms with Gasteiger partial charge < -0.3 is 9.30 Å². The van der Waals surface area contributed by atoms with Crippen molar-refractivity contribution in [2.75, 3.05) is 19.7 Å². The number of nitrogens with zero attached hydrogens (tertiary/aromatic N) is 6. The normalized spacial score (nSPS) is 15.5. The second-order valence-electron chi connectivity index (χ2n) is 9.22. The number of aryl methyl sites for hydroxylation is 1. The van der Waals surface area contributed by atoms with Crippen LogP contribution in [0.1, 0.15) is 56.0 Å². The molecular formula is C28H33N7O2. The number of carbonyl (C=O) groups excluding carboxylic acids is 1. The predicted octanol–water partition coefficient (Wildman–Crippen LogP) is 4.21. The summed E-state index contributed by atoms with van der Waals surface area (Å²) in [7, 11) is 0. The highest BCUT2D eigenvalue weighted by atomic mass is 16.5. The van der Waals surface area contributed by atoms with Crippen molar-refractivity contribution in [3.05, 3.63) is 71.3 Å². The standard InChI is InChI=1S/C28H33N7O2/c1-4-9-24-29-23-16-17-34(5-2)26(28(36)37-6-3)25(23)35(24)18-19-12-14-20(15-13-19)21-10-7-8-11-22(21)27-30-32-33-31-27/h7-8,10-15,26H,4-6,9,16-18H2,1-3H3,(H,30,31,32,33). The van der Waals surface area contributed by atoms with Crippen molar-refractivity contribution < 1.29 is 9.53 Å². The van der Waals surface area contributed by atoms with Crippen molar-refractivity contribution in [3.63, 3.8) is 0 Å². The van der Waals surface area contributed by atoms with Gasteiger partial charge in [-0.05, 0) is 47.0 Å². The average molecular weight is 500 g/mol. The molecule has 0 saturated carbocycles. The molecule has 9 heteroatoms. The van der Waals surface area contributed by atoms with Gasteiger partial charge in [0.15, 0.2) is 11.9 Å². The molecule has 1 unspecified atom stereocenters. The van der Waals surface area contributed by atoms with Crippen molar-refractivity contribution >= 4 is 5.97 Å². The summed E-state index contributed by atoms with van der Waals surface area (Å²) in [4.78, 5) is 20.3. The van der Waals surface area contributed by atoms with Gasteiger partial charge in [0, 0.05) is 31.5 Å². The van der Waals surface area contributed by atoms with Gasteiger partial charge in [-0.2, -0.15) is 0 Å². The van der Waals surface area contributed by atoms with Crippen LogP contribution in [0.4, 0.5) is 0 Å². The molecule has 3 heterocycles. The van der Waals surface area contributed by atoms with Crippen LogP contribution in [0.15, 0.2) is 48.5 Å². The predicted molar refractivity (Wildman–Crippen MR) is 141 cm³/mol. The summed E-state index contributed by atoms with van der Waals surface area (Å²) in [6.45, 7) is 8.73. The van der Waals surface area contributed by atoms with Gasteiger partial charge in [0.05, 0.1) is 18.0 Å². The topological polar surface area (TPSA) is 102 Å². The SMILES string of the molecule is CCCc1nc2c(n1Cc1ccc(-c3ccccc3-c3nnn[nH]3)cc1)C(C(=O)OCC)N(CC)CC2. The molecule has 2 aromatic carbocycles. The molecule has 1 aliphatic rings. The number of H-pyrrole nitrogens is 1. The van der Waals surface area contributed by atoms with Gasteiger partial charge in [-0.25, -0.2) is 14.9 Å². The lowest BCUT2D eigenvalue weighted by atomic mass is 9.98. The molecule has 0 amide bonds. The number of hydrogen-bond donors (Lipinski definition) is 1. The number of rotatable bonds is 9. The van der Waals surface area contributed by atoms with Crippen molar-refractivity contribution in [1.82, 2.24) is 35.1 Å². The zero-order chi connectivity index (χ0) is 25.8. The van der Waals surface area contributed by atoms with Crippen molar-refractivity contribution in [2.45, 2.75) is 52.6 Å². The molecule has 0 bridgehead atoms. The number of carbonyl (C=O) groups is 1. The zero-order valence-electron chi connectivity index (χ0n) is 21.6. The second-order valence-corrected chi connectivity index (χ2v) is 9.22. The highest BCUT2D eigenvalue weighted by Crippen LogP contribution is 2.34. The van der Waals surface area contributed by atoms with Crippen molar-refractivity contribution in [3.8, 4) is 22.5 Å². The van der Waals surface area contributed by atoms with E-state index in [-0.39, 0.29) is 5.97 Å². The Labute approximate surface area is 216 Å². The Kier molecular flexibility index (Phi) is 7.41. The van der Waals surface area contributed by atoms with Crippen LogP contribution in [-0.2, 0) is 28.9 Å². The number of hydrogen-bond acceptors (Lipinski definition) is 7. The lowest BCUT2D eigenvalue weighted by molar-refractivity contribution is -0.150. The number of aromatic amines is 1. The van der Waals surface area contributed by atoms with E-state index in [0.29, 0.717) is 19.0 Å². The molecule has 0 spiro atoms. The first-order valence-corrected chi connectivity index (χ1v) is 13.1. The minimum atomic E-state index is -0.423. The third-order valence-corrected chi connectivity index (χ3v) is 6.94. The van der Waals surface area contributed by atoms with Crippen molar-refractivity contribution in [2.24, 2.45) is 0 Å². The van der Waals surface area contributed by atoms with Gasteiger partial charge in [0.25, 0.3) is 0 Å². The van der Waals surface area contributed by atoms with Crippen LogP contribution in [0.5, 0.6) is 0 Å². The summed E-state index contributed by atoms with van der Waals surface area (Å²) in [6.07, 6.45) is 2.70. The minimum absolute atomic E-state index is 0.191. The van der Waals surface area contributed by atoms with Crippen molar-refractivity contribution in [1.29, 1.82) is 0 Å². The quantitative estimate of drug-likeness (QED) is 0.344. The maximum absolute atomic E-state index is 13.1. The second kappa shape index (κ2) is 11.0. The number of esters is 1. The van der Waals surface area contributed by atoms with Crippen LogP contribution in [0.25, 0.3) is 22.5 Å². The summed E-state index contributed by atoms with van der Waals surface area (Å²) < 4.78 is 7.77. The minimum Gasteiger partial charge on any atom is -0.465 e. The summed E-state index contributed by atoms with van der Waals surface area (Å²) >= 11 is 0. The van der Waals surface area contributed by atoms with E-state index in [4.69, 9.17) is 9.72 Å². The monoisotopic (exact) mass is 499 g/mol. The van der Waals surface area contributed by atoms with Crippen LogP contribution in [0, 0.1) is 0 Å².